The zero-order valence-corrected chi connectivity index (χ0v) is 15.5. The predicted octanol–water partition coefficient (Wildman–Crippen LogP) is 2.73. The number of aromatic hydroxyl groups is 1. The van der Waals surface area contributed by atoms with Gasteiger partial charge in [-0.3, -0.25) is 9.69 Å². The van der Waals surface area contributed by atoms with Gasteiger partial charge < -0.3 is 14.9 Å². The average Bonchev–Trinajstić information content (AvgIpc) is 2.69. The van der Waals surface area contributed by atoms with Crippen molar-refractivity contribution in [3.63, 3.8) is 0 Å². The molecule has 1 N–H and O–H groups in total. The van der Waals surface area contributed by atoms with Crippen LogP contribution in [0, 0.1) is 0 Å². The number of anilines is 1. The van der Waals surface area contributed by atoms with Crippen LogP contribution in [0.5, 0.6) is 5.75 Å². The van der Waals surface area contributed by atoms with E-state index in [2.05, 4.69) is 28.9 Å². The number of likely N-dealkylation sites (N-methyl/N-ethyl adjacent to an activating group) is 1. The zero-order valence-electron chi connectivity index (χ0n) is 15.5. The number of piperazine rings is 1. The Morgan fingerprint density at radius 3 is 2.27 bits per heavy atom. The van der Waals surface area contributed by atoms with Crippen molar-refractivity contribution in [2.24, 2.45) is 0 Å². The lowest BCUT2D eigenvalue weighted by atomic mass is 10.1. The van der Waals surface area contributed by atoms with E-state index in [0.717, 1.165) is 37.4 Å². The highest BCUT2D eigenvalue weighted by Gasteiger charge is 2.23. The first-order valence-electron chi connectivity index (χ1n) is 9.11. The van der Waals surface area contributed by atoms with Gasteiger partial charge in [-0.1, -0.05) is 30.3 Å². The molecule has 2 aromatic rings. The summed E-state index contributed by atoms with van der Waals surface area (Å²) in [4.78, 5) is 19.0. The van der Waals surface area contributed by atoms with E-state index < -0.39 is 0 Å². The standard InChI is InChI=1S/C21H27N3O2/c1-17(18-6-4-3-5-7-18)22(2)21(26)16-23-12-14-24(15-13-23)19-8-10-20(25)11-9-19/h3-11,17,25H,12-16H2,1-2H3/t17-/m0/s1. The van der Waals surface area contributed by atoms with Crippen LogP contribution in [-0.2, 0) is 4.79 Å². The first-order valence-corrected chi connectivity index (χ1v) is 9.11. The van der Waals surface area contributed by atoms with Gasteiger partial charge in [-0.15, -0.1) is 0 Å². The van der Waals surface area contributed by atoms with E-state index in [9.17, 15) is 9.90 Å². The van der Waals surface area contributed by atoms with Gasteiger partial charge in [-0.05, 0) is 36.8 Å². The van der Waals surface area contributed by atoms with Crippen LogP contribution >= 0.6 is 0 Å². The molecule has 1 atom stereocenters. The van der Waals surface area contributed by atoms with Crippen molar-refractivity contribution >= 4 is 11.6 Å². The molecule has 0 unspecified atom stereocenters. The number of carbonyl (C=O) groups is 1. The Hall–Kier alpha value is -2.53. The van der Waals surface area contributed by atoms with Gasteiger partial charge in [0.15, 0.2) is 0 Å². The molecule has 5 heteroatoms. The van der Waals surface area contributed by atoms with Gasteiger partial charge in [-0.25, -0.2) is 0 Å². The monoisotopic (exact) mass is 353 g/mol. The summed E-state index contributed by atoms with van der Waals surface area (Å²) in [5.41, 5.74) is 2.27. The van der Waals surface area contributed by atoms with Crippen LogP contribution in [0.25, 0.3) is 0 Å². The Bertz CT molecular complexity index is 710. The molecule has 1 aliphatic heterocycles. The van der Waals surface area contributed by atoms with E-state index in [-0.39, 0.29) is 17.7 Å². The maximum Gasteiger partial charge on any atom is 0.236 e. The molecule has 0 aliphatic carbocycles. The molecule has 1 heterocycles. The molecule has 26 heavy (non-hydrogen) atoms. The number of hydrogen-bond donors (Lipinski definition) is 1. The molecule has 0 saturated carbocycles. The van der Waals surface area contributed by atoms with Crippen LogP contribution in [0.15, 0.2) is 54.6 Å². The van der Waals surface area contributed by atoms with Crippen molar-refractivity contribution in [3.05, 3.63) is 60.2 Å². The van der Waals surface area contributed by atoms with Crippen molar-refractivity contribution in [2.75, 3.05) is 44.7 Å². The molecule has 0 radical (unpaired) electrons. The van der Waals surface area contributed by atoms with Gasteiger partial charge >= 0.3 is 0 Å². The zero-order chi connectivity index (χ0) is 18.5. The number of phenolic OH excluding ortho intramolecular Hbond substituents is 1. The van der Waals surface area contributed by atoms with Crippen molar-refractivity contribution in [1.29, 1.82) is 0 Å². The minimum absolute atomic E-state index is 0.0713. The molecule has 2 aromatic carbocycles. The minimum atomic E-state index is 0.0713. The van der Waals surface area contributed by atoms with Gasteiger partial charge in [0.2, 0.25) is 5.91 Å². The van der Waals surface area contributed by atoms with E-state index >= 15 is 0 Å². The number of amides is 1. The van der Waals surface area contributed by atoms with E-state index in [4.69, 9.17) is 0 Å². The van der Waals surface area contributed by atoms with Crippen molar-refractivity contribution in [1.82, 2.24) is 9.80 Å². The average molecular weight is 353 g/mol. The van der Waals surface area contributed by atoms with Gasteiger partial charge in [0.25, 0.3) is 0 Å². The smallest absolute Gasteiger partial charge is 0.236 e. The van der Waals surface area contributed by atoms with E-state index in [1.54, 1.807) is 12.1 Å². The lowest BCUT2D eigenvalue weighted by molar-refractivity contribution is -0.133. The third-order valence-electron chi connectivity index (χ3n) is 5.20. The summed E-state index contributed by atoms with van der Waals surface area (Å²) in [5, 5.41) is 9.41. The van der Waals surface area contributed by atoms with Crippen LogP contribution in [0.4, 0.5) is 5.69 Å². The Morgan fingerprint density at radius 2 is 1.65 bits per heavy atom. The third-order valence-corrected chi connectivity index (χ3v) is 5.20. The Morgan fingerprint density at radius 1 is 1.04 bits per heavy atom. The predicted molar refractivity (Wildman–Crippen MR) is 104 cm³/mol. The number of hydrogen-bond acceptors (Lipinski definition) is 4. The van der Waals surface area contributed by atoms with Gasteiger partial charge in [0.05, 0.1) is 12.6 Å². The molecule has 1 aliphatic rings. The number of carbonyl (C=O) groups excluding carboxylic acids is 1. The Labute approximate surface area is 155 Å². The quantitative estimate of drug-likeness (QED) is 0.898. The van der Waals surface area contributed by atoms with Gasteiger partial charge in [0, 0.05) is 38.9 Å². The second-order valence-electron chi connectivity index (χ2n) is 6.87. The molecule has 5 nitrogen and oxygen atoms in total. The van der Waals surface area contributed by atoms with Gasteiger partial charge in [0.1, 0.15) is 5.75 Å². The SMILES string of the molecule is C[C@@H](c1ccccc1)N(C)C(=O)CN1CCN(c2ccc(O)cc2)CC1. The highest BCUT2D eigenvalue weighted by Crippen LogP contribution is 2.21. The molecule has 3 rings (SSSR count). The van der Waals surface area contributed by atoms with Crippen LogP contribution in [0.1, 0.15) is 18.5 Å². The molecule has 1 saturated heterocycles. The second-order valence-corrected chi connectivity index (χ2v) is 6.87. The number of rotatable bonds is 5. The van der Waals surface area contributed by atoms with Crippen LogP contribution in [0.3, 0.4) is 0 Å². The van der Waals surface area contributed by atoms with E-state index in [0.29, 0.717) is 6.54 Å². The molecule has 0 bridgehead atoms. The molecule has 0 aromatic heterocycles. The highest BCUT2D eigenvalue weighted by molar-refractivity contribution is 5.78. The number of phenols is 1. The fraction of sp³-hybridized carbons (Fsp3) is 0.381. The second kappa shape index (κ2) is 8.23. The van der Waals surface area contributed by atoms with Crippen LogP contribution in [0.2, 0.25) is 0 Å². The summed E-state index contributed by atoms with van der Waals surface area (Å²) in [6.45, 7) is 6.01. The largest absolute Gasteiger partial charge is 0.508 e. The van der Waals surface area contributed by atoms with Crippen molar-refractivity contribution in [2.45, 2.75) is 13.0 Å². The summed E-state index contributed by atoms with van der Waals surface area (Å²) >= 11 is 0. The number of benzene rings is 2. The molecule has 138 valence electrons. The molecule has 0 spiro atoms. The maximum atomic E-state index is 12.7. The molecular weight excluding hydrogens is 326 g/mol. The highest BCUT2D eigenvalue weighted by atomic mass is 16.3. The lowest BCUT2D eigenvalue weighted by Crippen LogP contribution is -2.50. The summed E-state index contributed by atoms with van der Waals surface area (Å²) in [6, 6.07) is 17.5. The first-order chi connectivity index (χ1) is 12.5. The molecular formula is C21H27N3O2. The Balaban J connectivity index is 1.50. The van der Waals surface area contributed by atoms with Crippen LogP contribution in [-0.4, -0.2) is 60.6 Å². The summed E-state index contributed by atoms with van der Waals surface area (Å²) in [5.74, 6) is 0.438. The fourth-order valence-electron chi connectivity index (χ4n) is 3.30. The number of nitrogens with zero attached hydrogens (tertiary/aromatic N) is 3. The summed E-state index contributed by atoms with van der Waals surface area (Å²) in [7, 11) is 1.88. The molecule has 1 amide bonds. The van der Waals surface area contributed by atoms with Crippen molar-refractivity contribution in [3.8, 4) is 5.75 Å². The van der Waals surface area contributed by atoms with E-state index in [1.165, 1.54) is 0 Å². The van der Waals surface area contributed by atoms with Crippen LogP contribution < -0.4 is 4.90 Å². The minimum Gasteiger partial charge on any atom is -0.508 e. The van der Waals surface area contributed by atoms with Gasteiger partial charge in [-0.2, -0.15) is 0 Å². The maximum absolute atomic E-state index is 12.7. The van der Waals surface area contributed by atoms with E-state index in [1.807, 2.05) is 42.3 Å². The third kappa shape index (κ3) is 4.35. The summed E-state index contributed by atoms with van der Waals surface area (Å²) < 4.78 is 0. The molecule has 1 fully saturated rings. The Kier molecular flexibility index (Phi) is 5.78. The fourth-order valence-corrected chi connectivity index (χ4v) is 3.30. The first kappa shape index (κ1) is 18.3. The summed E-state index contributed by atoms with van der Waals surface area (Å²) in [6.07, 6.45) is 0. The van der Waals surface area contributed by atoms with Crippen molar-refractivity contribution < 1.29 is 9.90 Å². The normalized spacial score (nSPS) is 16.3. The topological polar surface area (TPSA) is 47.0 Å². The lowest BCUT2D eigenvalue weighted by Gasteiger charge is -2.37.